The Kier molecular flexibility index (Phi) is 5.19. The molecule has 1 aromatic carbocycles. The van der Waals surface area contributed by atoms with Gasteiger partial charge in [0.05, 0.1) is 5.71 Å². The minimum absolute atomic E-state index is 0.0230. The zero-order valence-electron chi connectivity index (χ0n) is 16.9. The fraction of sp³-hybridized carbons (Fsp3) is 0.364. The maximum atomic E-state index is 13.0. The van der Waals surface area contributed by atoms with E-state index in [9.17, 15) is 9.59 Å². The molecule has 1 unspecified atom stereocenters. The van der Waals surface area contributed by atoms with Crippen LogP contribution in [0.3, 0.4) is 0 Å². The van der Waals surface area contributed by atoms with Crippen molar-refractivity contribution >= 4 is 40.5 Å². The highest BCUT2D eigenvalue weighted by atomic mass is 32.1. The molecule has 3 aliphatic heterocycles. The van der Waals surface area contributed by atoms with E-state index in [0.29, 0.717) is 30.3 Å². The molecular formula is C22H22N4O4S. The van der Waals surface area contributed by atoms with Crippen LogP contribution in [0.25, 0.3) is 0 Å². The number of para-hydroxylation sites is 1. The number of allylic oxidation sites excluding steroid dienone is 1. The van der Waals surface area contributed by atoms with E-state index in [-0.39, 0.29) is 36.7 Å². The van der Waals surface area contributed by atoms with Crippen molar-refractivity contribution in [3.63, 3.8) is 0 Å². The van der Waals surface area contributed by atoms with Gasteiger partial charge in [0.25, 0.3) is 0 Å². The van der Waals surface area contributed by atoms with Crippen molar-refractivity contribution in [2.75, 3.05) is 44.4 Å². The molecule has 0 spiro atoms. The molecule has 1 aromatic rings. The van der Waals surface area contributed by atoms with Crippen LogP contribution in [0.4, 0.5) is 5.69 Å². The third-order valence-electron chi connectivity index (χ3n) is 5.88. The minimum atomic E-state index is -0.559. The Morgan fingerprint density at radius 1 is 1.10 bits per heavy atom. The molecule has 2 fully saturated rings. The second kappa shape index (κ2) is 8.14. The number of anilines is 1. The van der Waals surface area contributed by atoms with Gasteiger partial charge in [-0.05, 0) is 30.4 Å². The van der Waals surface area contributed by atoms with Crippen molar-refractivity contribution in [1.82, 2.24) is 9.80 Å². The zero-order chi connectivity index (χ0) is 21.4. The molecule has 31 heavy (non-hydrogen) atoms. The number of nitrogens with zero attached hydrogens (tertiary/aromatic N) is 4. The van der Waals surface area contributed by atoms with E-state index >= 15 is 0 Å². The molecule has 0 saturated carbocycles. The fourth-order valence-electron chi connectivity index (χ4n) is 4.16. The van der Waals surface area contributed by atoms with Gasteiger partial charge in [-0.15, -0.1) is 0 Å². The van der Waals surface area contributed by atoms with Gasteiger partial charge >= 0.3 is 0 Å². The summed E-state index contributed by atoms with van der Waals surface area (Å²) in [6.45, 7) is 3.25. The Morgan fingerprint density at radius 2 is 1.84 bits per heavy atom. The van der Waals surface area contributed by atoms with Crippen LogP contribution in [-0.4, -0.2) is 72.0 Å². The average Bonchev–Trinajstić information content (AvgIpc) is 3.26. The summed E-state index contributed by atoms with van der Waals surface area (Å²) >= 11 is 5.33. The number of amides is 2. The molecule has 3 heterocycles. The number of hydrogen-bond donors (Lipinski definition) is 0. The molecule has 0 aromatic heterocycles. The third kappa shape index (κ3) is 3.81. The van der Waals surface area contributed by atoms with E-state index in [1.165, 1.54) is 10.6 Å². The summed E-state index contributed by atoms with van der Waals surface area (Å²) < 4.78 is 10.7. The van der Waals surface area contributed by atoms with Crippen LogP contribution in [-0.2, 0) is 19.1 Å². The average molecular weight is 439 g/mol. The van der Waals surface area contributed by atoms with Gasteiger partial charge in [0.15, 0.2) is 11.5 Å². The van der Waals surface area contributed by atoms with Gasteiger partial charge < -0.3 is 19.3 Å². The van der Waals surface area contributed by atoms with Gasteiger partial charge in [0.1, 0.15) is 5.92 Å². The van der Waals surface area contributed by atoms with Crippen molar-refractivity contribution in [1.29, 1.82) is 0 Å². The lowest BCUT2D eigenvalue weighted by Gasteiger charge is -2.36. The number of hydrogen-bond acceptors (Lipinski definition) is 6. The number of ether oxygens (including phenoxy) is 2. The van der Waals surface area contributed by atoms with Crippen molar-refractivity contribution in [3.8, 4) is 0 Å². The van der Waals surface area contributed by atoms with Gasteiger partial charge in [-0.3, -0.25) is 14.5 Å². The number of rotatable bonds is 4. The van der Waals surface area contributed by atoms with Gasteiger partial charge in [-0.2, -0.15) is 0 Å². The normalized spacial score (nSPS) is 22.6. The molecule has 0 N–H and O–H groups in total. The summed E-state index contributed by atoms with van der Waals surface area (Å²) in [6, 6.07) is 10.2. The van der Waals surface area contributed by atoms with Crippen molar-refractivity contribution in [2.45, 2.75) is 6.42 Å². The Labute approximate surface area is 185 Å². The van der Waals surface area contributed by atoms with Crippen LogP contribution in [0.5, 0.6) is 0 Å². The molecule has 1 aliphatic carbocycles. The van der Waals surface area contributed by atoms with Crippen LogP contribution < -0.4 is 4.90 Å². The van der Waals surface area contributed by atoms with Crippen LogP contribution in [0, 0.1) is 5.92 Å². The molecule has 4 aliphatic rings. The zero-order valence-corrected chi connectivity index (χ0v) is 17.7. The number of aliphatic imine (C=N–C) groups is 1. The first-order chi connectivity index (χ1) is 15.1. The largest absolute Gasteiger partial charge is 0.454 e. The van der Waals surface area contributed by atoms with E-state index in [0.717, 1.165) is 13.1 Å². The van der Waals surface area contributed by atoms with Crippen LogP contribution in [0.2, 0.25) is 0 Å². The highest BCUT2D eigenvalue weighted by molar-refractivity contribution is 7.80. The monoisotopic (exact) mass is 438 g/mol. The smallest absolute Gasteiger partial charge is 0.241 e. The Morgan fingerprint density at radius 3 is 2.61 bits per heavy atom. The lowest BCUT2D eigenvalue weighted by Crippen LogP contribution is -2.50. The molecule has 0 bridgehead atoms. The van der Waals surface area contributed by atoms with E-state index in [2.05, 4.69) is 22.0 Å². The second-order valence-corrected chi connectivity index (χ2v) is 8.05. The lowest BCUT2D eigenvalue weighted by atomic mass is 9.94. The third-order valence-corrected chi connectivity index (χ3v) is 6.19. The Hall–Kier alpha value is -3.20. The van der Waals surface area contributed by atoms with Gasteiger partial charge in [-0.1, -0.05) is 18.2 Å². The molecule has 2 saturated heterocycles. The van der Waals surface area contributed by atoms with Crippen molar-refractivity contribution in [2.24, 2.45) is 10.9 Å². The molecule has 1 atom stereocenters. The van der Waals surface area contributed by atoms with E-state index in [4.69, 9.17) is 21.7 Å². The van der Waals surface area contributed by atoms with E-state index < -0.39 is 5.92 Å². The summed E-state index contributed by atoms with van der Waals surface area (Å²) in [5.41, 5.74) is 1.72. The number of thiocarbonyl (C=S) groups is 1. The number of piperazine rings is 1. The van der Waals surface area contributed by atoms with Gasteiger partial charge in [0.2, 0.25) is 23.7 Å². The predicted molar refractivity (Wildman–Crippen MR) is 118 cm³/mol. The molecule has 2 amide bonds. The first-order valence-electron chi connectivity index (χ1n) is 10.3. The molecule has 9 heteroatoms. The molecule has 0 radical (unpaired) electrons. The van der Waals surface area contributed by atoms with Crippen LogP contribution >= 0.6 is 12.2 Å². The van der Waals surface area contributed by atoms with E-state index in [1.807, 2.05) is 23.1 Å². The highest BCUT2D eigenvalue weighted by Crippen LogP contribution is 2.31. The quantitative estimate of drug-likeness (QED) is 0.667. The van der Waals surface area contributed by atoms with Gasteiger partial charge in [-0.25, -0.2) is 4.99 Å². The summed E-state index contributed by atoms with van der Waals surface area (Å²) in [5.74, 6) is 0.405. The SMILES string of the molecule is O=C(CCN1C(=O)C2C=C3OCOC3=CC2=NC1=S)N1CCN(c2ccccc2)CC1. The maximum absolute atomic E-state index is 13.0. The first-order valence-corrected chi connectivity index (χ1v) is 10.7. The first kappa shape index (κ1) is 19.7. The number of carbonyl (C=O) groups is 2. The topological polar surface area (TPSA) is 74.7 Å². The second-order valence-electron chi connectivity index (χ2n) is 7.69. The summed E-state index contributed by atoms with van der Waals surface area (Å²) in [6.07, 6.45) is 3.63. The lowest BCUT2D eigenvalue weighted by molar-refractivity contribution is -0.133. The fourth-order valence-corrected chi connectivity index (χ4v) is 4.45. The minimum Gasteiger partial charge on any atom is -0.454 e. The molecule has 8 nitrogen and oxygen atoms in total. The standard InChI is InChI=1S/C22H22N4O4S/c27-20(25-10-8-24(9-11-25)15-4-2-1-3-5-15)6-7-26-21(28)16-12-18-19(30-14-29-18)13-17(16)23-22(26)31/h1-5,12-13,16H,6-11,14H2. The predicted octanol–water partition coefficient (Wildman–Crippen LogP) is 1.70. The van der Waals surface area contributed by atoms with Gasteiger partial charge in [0, 0.05) is 50.9 Å². The van der Waals surface area contributed by atoms with Crippen LogP contribution in [0.15, 0.2) is 59.0 Å². The number of benzene rings is 1. The Bertz CT molecular complexity index is 1010. The summed E-state index contributed by atoms with van der Waals surface area (Å²) in [7, 11) is 0. The van der Waals surface area contributed by atoms with Crippen LogP contribution in [0.1, 0.15) is 6.42 Å². The molecule has 5 rings (SSSR count). The number of carbonyl (C=O) groups excluding carboxylic acids is 2. The summed E-state index contributed by atoms with van der Waals surface area (Å²) in [5, 5.41) is 0.186. The van der Waals surface area contributed by atoms with E-state index in [1.54, 1.807) is 12.2 Å². The van der Waals surface area contributed by atoms with Crippen molar-refractivity contribution in [3.05, 3.63) is 54.0 Å². The maximum Gasteiger partial charge on any atom is 0.241 e. The molecular weight excluding hydrogens is 416 g/mol. The Balaban J connectivity index is 1.18. The highest BCUT2D eigenvalue weighted by Gasteiger charge is 2.38. The van der Waals surface area contributed by atoms with Crippen molar-refractivity contribution < 1.29 is 19.1 Å². The number of fused-ring (bicyclic) bond motifs is 2. The molecule has 160 valence electrons. The summed E-state index contributed by atoms with van der Waals surface area (Å²) in [4.78, 5) is 35.7.